The van der Waals surface area contributed by atoms with E-state index in [9.17, 15) is 22.8 Å². The van der Waals surface area contributed by atoms with Gasteiger partial charge in [0.1, 0.15) is 5.82 Å². The van der Waals surface area contributed by atoms with Crippen LogP contribution >= 0.6 is 0 Å². The highest BCUT2D eigenvalue weighted by Gasteiger charge is 2.53. The van der Waals surface area contributed by atoms with Crippen molar-refractivity contribution < 1.29 is 27.9 Å². The zero-order chi connectivity index (χ0) is 19.1. The van der Waals surface area contributed by atoms with Crippen LogP contribution in [-0.2, 0) is 24.2 Å². The van der Waals surface area contributed by atoms with Gasteiger partial charge in [-0.15, -0.1) is 0 Å². The first-order valence-corrected chi connectivity index (χ1v) is 8.46. The number of carboxylic acid groups (broad SMARTS) is 1. The van der Waals surface area contributed by atoms with Gasteiger partial charge >= 0.3 is 18.2 Å². The molecule has 2 amide bonds. The van der Waals surface area contributed by atoms with Crippen molar-refractivity contribution in [1.82, 2.24) is 25.0 Å². The maximum atomic E-state index is 13.0. The first kappa shape index (κ1) is 18.5. The molecule has 1 aromatic heterocycles. The van der Waals surface area contributed by atoms with E-state index in [1.54, 1.807) is 4.68 Å². The molecule has 3 rings (SSSR count). The summed E-state index contributed by atoms with van der Waals surface area (Å²) >= 11 is 0. The van der Waals surface area contributed by atoms with Crippen LogP contribution in [-0.4, -0.2) is 62.1 Å². The number of urea groups is 1. The molecule has 11 heteroatoms. The quantitative estimate of drug-likeness (QED) is 0.823. The standard InChI is InChI=1S/C15H20F3N5O3/c1-2-11-20-12-4-3-8(5-23(12)21-11)19-14(26)22-6-9(13(24)25)10(7-22)15(16,17)18/h8-10H,2-7H2,1H3,(H,19,26)(H,24,25)/t8?,9-,10-/m1/s1. The number of nitrogens with zero attached hydrogens (tertiary/aromatic N) is 4. The van der Waals surface area contributed by atoms with Gasteiger partial charge in [-0.3, -0.25) is 4.79 Å². The van der Waals surface area contributed by atoms with Gasteiger partial charge in [0, 0.05) is 25.9 Å². The maximum absolute atomic E-state index is 13.0. The van der Waals surface area contributed by atoms with E-state index in [0.29, 0.717) is 31.6 Å². The number of aryl methyl sites for hydroxylation is 2. The SMILES string of the molecule is CCc1nc2n(n1)CC(NC(=O)N1C[C@@H](C(F)(F)F)[C@H](C(=O)O)C1)CC2. The third-order valence-corrected chi connectivity index (χ3v) is 4.89. The van der Waals surface area contributed by atoms with E-state index in [-0.39, 0.29) is 6.04 Å². The first-order chi connectivity index (χ1) is 12.2. The van der Waals surface area contributed by atoms with Crippen molar-refractivity contribution in [2.75, 3.05) is 13.1 Å². The number of carbonyl (C=O) groups is 2. The molecule has 0 saturated carbocycles. The van der Waals surface area contributed by atoms with Gasteiger partial charge in [-0.2, -0.15) is 18.3 Å². The number of rotatable bonds is 3. The lowest BCUT2D eigenvalue weighted by atomic mass is 9.96. The highest BCUT2D eigenvalue weighted by Crippen LogP contribution is 2.37. The normalized spacial score (nSPS) is 25.8. The van der Waals surface area contributed by atoms with E-state index >= 15 is 0 Å². The molecule has 0 aromatic carbocycles. The fourth-order valence-electron chi connectivity index (χ4n) is 3.45. The monoisotopic (exact) mass is 375 g/mol. The summed E-state index contributed by atoms with van der Waals surface area (Å²) in [7, 11) is 0. The molecule has 2 aliphatic heterocycles. The molecule has 0 spiro atoms. The van der Waals surface area contributed by atoms with Gasteiger partial charge in [-0.05, 0) is 6.42 Å². The van der Waals surface area contributed by atoms with Gasteiger partial charge in [0.15, 0.2) is 5.82 Å². The predicted molar refractivity (Wildman–Crippen MR) is 82.3 cm³/mol. The minimum Gasteiger partial charge on any atom is -0.481 e. The lowest BCUT2D eigenvalue weighted by molar-refractivity contribution is -0.187. The van der Waals surface area contributed by atoms with Crippen molar-refractivity contribution >= 4 is 12.0 Å². The Morgan fingerprint density at radius 2 is 2.04 bits per heavy atom. The lowest BCUT2D eigenvalue weighted by Crippen LogP contribution is -2.47. The molecular formula is C15H20F3N5O3. The number of aliphatic carboxylic acids is 1. The second kappa shape index (κ2) is 6.76. The number of alkyl halides is 3. The van der Waals surface area contributed by atoms with Crippen LogP contribution in [0.2, 0.25) is 0 Å². The van der Waals surface area contributed by atoms with Gasteiger partial charge in [0.25, 0.3) is 0 Å². The Morgan fingerprint density at radius 1 is 1.31 bits per heavy atom. The van der Waals surface area contributed by atoms with Crippen molar-refractivity contribution in [3.05, 3.63) is 11.6 Å². The number of carboxylic acids is 1. The molecule has 0 aliphatic carbocycles. The topological polar surface area (TPSA) is 100 Å². The molecule has 1 fully saturated rings. The van der Waals surface area contributed by atoms with Gasteiger partial charge in [-0.1, -0.05) is 6.92 Å². The fourth-order valence-corrected chi connectivity index (χ4v) is 3.45. The minimum atomic E-state index is -4.66. The van der Waals surface area contributed by atoms with Gasteiger partial charge in [0.05, 0.1) is 24.4 Å². The molecule has 3 heterocycles. The number of halogens is 3. The maximum Gasteiger partial charge on any atom is 0.394 e. The van der Waals surface area contributed by atoms with Crippen molar-refractivity contribution in [3.8, 4) is 0 Å². The van der Waals surface area contributed by atoms with Crippen molar-refractivity contribution in [2.45, 2.75) is 44.9 Å². The van der Waals surface area contributed by atoms with Crippen LogP contribution in [0, 0.1) is 11.8 Å². The molecule has 0 radical (unpaired) electrons. The van der Waals surface area contributed by atoms with Gasteiger partial charge in [-0.25, -0.2) is 14.5 Å². The van der Waals surface area contributed by atoms with Crippen LogP contribution in [0.15, 0.2) is 0 Å². The summed E-state index contributed by atoms with van der Waals surface area (Å²) in [6.45, 7) is 1.23. The molecule has 26 heavy (non-hydrogen) atoms. The average molecular weight is 375 g/mol. The second-order valence-corrected chi connectivity index (χ2v) is 6.66. The molecule has 144 valence electrons. The molecule has 1 aromatic rings. The molecule has 8 nitrogen and oxygen atoms in total. The molecule has 1 saturated heterocycles. The third-order valence-electron chi connectivity index (χ3n) is 4.89. The van der Waals surface area contributed by atoms with Crippen LogP contribution in [0.5, 0.6) is 0 Å². The Kier molecular flexibility index (Phi) is 4.80. The zero-order valence-electron chi connectivity index (χ0n) is 14.2. The summed E-state index contributed by atoms with van der Waals surface area (Å²) in [5.74, 6) is -3.69. The van der Waals surface area contributed by atoms with E-state index in [2.05, 4.69) is 15.4 Å². The van der Waals surface area contributed by atoms with Crippen LogP contribution in [0.1, 0.15) is 25.0 Å². The summed E-state index contributed by atoms with van der Waals surface area (Å²) in [5.41, 5.74) is 0. The van der Waals surface area contributed by atoms with Gasteiger partial charge < -0.3 is 15.3 Å². The van der Waals surface area contributed by atoms with Crippen molar-refractivity contribution in [1.29, 1.82) is 0 Å². The number of nitrogens with one attached hydrogen (secondary N) is 1. The molecule has 1 unspecified atom stereocenters. The Balaban J connectivity index is 1.63. The zero-order valence-corrected chi connectivity index (χ0v) is 14.2. The van der Waals surface area contributed by atoms with Crippen LogP contribution in [0.25, 0.3) is 0 Å². The van der Waals surface area contributed by atoms with Crippen molar-refractivity contribution in [3.63, 3.8) is 0 Å². The number of hydrogen-bond donors (Lipinski definition) is 2. The average Bonchev–Trinajstić information content (AvgIpc) is 3.18. The summed E-state index contributed by atoms with van der Waals surface area (Å²) in [6.07, 6.45) is -2.75. The van der Waals surface area contributed by atoms with E-state index in [1.807, 2.05) is 6.92 Å². The number of hydrogen-bond acceptors (Lipinski definition) is 4. The molecule has 0 bridgehead atoms. The Morgan fingerprint density at radius 3 is 2.62 bits per heavy atom. The first-order valence-electron chi connectivity index (χ1n) is 8.46. The Bertz CT molecular complexity index is 705. The van der Waals surface area contributed by atoms with Crippen LogP contribution in [0.4, 0.5) is 18.0 Å². The number of fused-ring (bicyclic) bond motifs is 1. The number of amides is 2. The highest BCUT2D eigenvalue weighted by atomic mass is 19.4. The smallest absolute Gasteiger partial charge is 0.394 e. The molecule has 2 aliphatic rings. The van der Waals surface area contributed by atoms with Gasteiger partial charge in [0.2, 0.25) is 0 Å². The summed E-state index contributed by atoms with van der Waals surface area (Å²) in [6, 6.07) is -0.957. The van der Waals surface area contributed by atoms with Crippen LogP contribution in [0.3, 0.4) is 0 Å². The summed E-state index contributed by atoms with van der Waals surface area (Å²) in [5, 5.41) is 16.0. The molecule has 2 N–H and O–H groups in total. The number of likely N-dealkylation sites (tertiary alicyclic amines) is 1. The summed E-state index contributed by atoms with van der Waals surface area (Å²) in [4.78, 5) is 28.7. The Labute approximate surface area is 147 Å². The Hall–Kier alpha value is -2.33. The van der Waals surface area contributed by atoms with E-state index < -0.39 is 43.1 Å². The largest absolute Gasteiger partial charge is 0.481 e. The van der Waals surface area contributed by atoms with E-state index in [1.165, 1.54) is 0 Å². The van der Waals surface area contributed by atoms with E-state index in [0.717, 1.165) is 10.7 Å². The predicted octanol–water partition coefficient (Wildman–Crippen LogP) is 1.06. The minimum absolute atomic E-state index is 0.283. The lowest BCUT2D eigenvalue weighted by Gasteiger charge is -2.26. The fraction of sp³-hybridized carbons (Fsp3) is 0.733. The highest BCUT2D eigenvalue weighted by molar-refractivity contribution is 5.78. The van der Waals surface area contributed by atoms with Crippen molar-refractivity contribution in [2.24, 2.45) is 11.8 Å². The molecular weight excluding hydrogens is 355 g/mol. The third kappa shape index (κ3) is 3.61. The number of carbonyl (C=O) groups excluding carboxylic acids is 1. The second-order valence-electron chi connectivity index (χ2n) is 6.66. The van der Waals surface area contributed by atoms with Crippen LogP contribution < -0.4 is 5.32 Å². The number of aromatic nitrogens is 3. The molecule has 3 atom stereocenters. The summed E-state index contributed by atoms with van der Waals surface area (Å²) < 4.78 is 40.8. The van der Waals surface area contributed by atoms with E-state index in [4.69, 9.17) is 5.11 Å².